The van der Waals surface area contributed by atoms with Crippen LogP contribution in [0.5, 0.6) is 0 Å². The van der Waals surface area contributed by atoms with E-state index in [0.29, 0.717) is 28.1 Å². The minimum absolute atomic E-state index is 0.0275. The third kappa shape index (κ3) is 3.34. The van der Waals surface area contributed by atoms with Crippen molar-refractivity contribution in [3.8, 4) is 0 Å². The van der Waals surface area contributed by atoms with Gasteiger partial charge >= 0.3 is 5.97 Å². The Bertz CT molecular complexity index is 1060. The number of fused-ring (bicyclic) bond motifs is 3. The lowest BCUT2D eigenvalue weighted by Crippen LogP contribution is -2.20. The summed E-state index contributed by atoms with van der Waals surface area (Å²) in [6.45, 7) is 0. The number of thioether (sulfide) groups is 1. The van der Waals surface area contributed by atoms with Crippen LogP contribution in [0, 0.1) is 0 Å². The Morgan fingerprint density at radius 2 is 2.16 bits per heavy atom. The molecule has 1 fully saturated rings. The van der Waals surface area contributed by atoms with E-state index in [-0.39, 0.29) is 17.3 Å². The summed E-state index contributed by atoms with van der Waals surface area (Å²) in [6, 6.07) is 7.54. The summed E-state index contributed by atoms with van der Waals surface area (Å²) in [5.74, 6) is -0.455. The van der Waals surface area contributed by atoms with Crippen molar-refractivity contribution >= 4 is 49.6 Å². The number of carbonyl (C=O) groups excluding carboxylic acids is 1. The van der Waals surface area contributed by atoms with Crippen LogP contribution in [0.1, 0.15) is 6.42 Å². The molecule has 25 heavy (non-hydrogen) atoms. The van der Waals surface area contributed by atoms with Crippen LogP contribution >= 0.6 is 11.8 Å². The highest BCUT2D eigenvalue weighted by atomic mass is 32.2. The van der Waals surface area contributed by atoms with Crippen molar-refractivity contribution < 1.29 is 22.4 Å². The number of esters is 1. The zero-order valence-electron chi connectivity index (χ0n) is 13.0. The van der Waals surface area contributed by atoms with Gasteiger partial charge in [-0.2, -0.15) is 0 Å². The molecule has 9 heteroatoms. The van der Waals surface area contributed by atoms with Crippen LogP contribution in [0.15, 0.2) is 40.0 Å². The van der Waals surface area contributed by atoms with Crippen molar-refractivity contribution in [2.75, 3.05) is 17.3 Å². The first-order valence-corrected chi connectivity index (χ1v) is 10.5. The van der Waals surface area contributed by atoms with Crippen LogP contribution in [0.25, 0.3) is 22.1 Å². The van der Waals surface area contributed by atoms with E-state index in [1.54, 1.807) is 0 Å². The summed E-state index contributed by atoms with van der Waals surface area (Å²) in [5, 5.41) is 1.44. The molecule has 0 aliphatic carbocycles. The minimum atomic E-state index is -3.07. The van der Waals surface area contributed by atoms with Gasteiger partial charge in [0.25, 0.3) is 0 Å². The number of nitrogens with zero attached hydrogens (tertiary/aromatic N) is 2. The Kier molecular flexibility index (Phi) is 4.12. The monoisotopic (exact) mass is 378 g/mol. The summed E-state index contributed by atoms with van der Waals surface area (Å²) >= 11 is 1.19. The van der Waals surface area contributed by atoms with Gasteiger partial charge in [-0.15, -0.1) is 0 Å². The average Bonchev–Trinajstić information content (AvgIpc) is 3.13. The van der Waals surface area contributed by atoms with Crippen molar-refractivity contribution in [2.45, 2.75) is 17.6 Å². The second kappa shape index (κ2) is 6.30. The van der Waals surface area contributed by atoms with E-state index in [0.717, 1.165) is 5.39 Å². The van der Waals surface area contributed by atoms with E-state index in [2.05, 4.69) is 9.97 Å². The summed E-state index contributed by atoms with van der Waals surface area (Å²) in [7, 11) is -3.07. The molecule has 3 aromatic rings. The molecule has 0 unspecified atom stereocenters. The van der Waals surface area contributed by atoms with Crippen LogP contribution < -0.4 is 0 Å². The Hall–Kier alpha value is -2.13. The maximum absolute atomic E-state index is 12.0. The maximum atomic E-state index is 12.0. The highest BCUT2D eigenvalue weighted by Gasteiger charge is 2.30. The van der Waals surface area contributed by atoms with Gasteiger partial charge < -0.3 is 9.15 Å². The van der Waals surface area contributed by atoms with E-state index >= 15 is 0 Å². The van der Waals surface area contributed by atoms with E-state index in [9.17, 15) is 13.2 Å². The van der Waals surface area contributed by atoms with Gasteiger partial charge in [0, 0.05) is 5.39 Å². The predicted molar refractivity (Wildman–Crippen MR) is 93.2 cm³/mol. The van der Waals surface area contributed by atoms with Crippen LogP contribution in [0.4, 0.5) is 0 Å². The van der Waals surface area contributed by atoms with Crippen molar-refractivity contribution in [3.63, 3.8) is 0 Å². The summed E-state index contributed by atoms with van der Waals surface area (Å²) in [5.41, 5.74) is 1.94. The van der Waals surface area contributed by atoms with Gasteiger partial charge in [-0.1, -0.05) is 23.9 Å². The quantitative estimate of drug-likeness (QED) is 0.387. The second-order valence-corrected chi connectivity index (χ2v) is 8.95. The van der Waals surface area contributed by atoms with E-state index in [1.165, 1.54) is 18.1 Å². The number of aromatic nitrogens is 2. The van der Waals surface area contributed by atoms with Crippen molar-refractivity contribution in [1.82, 2.24) is 9.97 Å². The second-order valence-electron chi connectivity index (χ2n) is 5.76. The molecule has 4 rings (SSSR count). The van der Waals surface area contributed by atoms with E-state index < -0.39 is 21.9 Å². The highest BCUT2D eigenvalue weighted by Crippen LogP contribution is 2.32. The Balaban J connectivity index is 1.48. The van der Waals surface area contributed by atoms with E-state index in [1.807, 2.05) is 24.3 Å². The van der Waals surface area contributed by atoms with Crippen molar-refractivity contribution in [2.24, 2.45) is 0 Å². The molecule has 7 nitrogen and oxygen atoms in total. The molecule has 1 aliphatic rings. The molecule has 1 saturated heterocycles. The molecule has 3 heterocycles. The standard InChI is InChI=1S/C16H14N2O5S2/c19-13(22-10-5-6-25(20,21)8-10)7-24-16-15-14(17-9-18-16)11-3-1-2-4-12(11)23-15/h1-4,9-10H,5-8H2/t10-/m0/s1. The Morgan fingerprint density at radius 1 is 1.32 bits per heavy atom. The molecular weight excluding hydrogens is 364 g/mol. The summed E-state index contributed by atoms with van der Waals surface area (Å²) in [6.07, 6.45) is 1.25. The number of furan rings is 1. The minimum Gasteiger partial charge on any atom is -0.461 e. The fourth-order valence-electron chi connectivity index (χ4n) is 2.81. The summed E-state index contributed by atoms with van der Waals surface area (Å²) in [4.78, 5) is 20.4. The summed E-state index contributed by atoms with van der Waals surface area (Å²) < 4.78 is 33.8. The molecular formula is C16H14N2O5S2. The molecule has 0 bridgehead atoms. The lowest BCUT2D eigenvalue weighted by atomic mass is 10.2. The van der Waals surface area contributed by atoms with Crippen LogP contribution in [-0.4, -0.2) is 47.7 Å². The zero-order chi connectivity index (χ0) is 17.4. The molecule has 0 spiro atoms. The number of carbonyl (C=O) groups is 1. The fourth-order valence-corrected chi connectivity index (χ4v) is 5.11. The molecule has 0 saturated carbocycles. The topological polar surface area (TPSA) is 99.4 Å². The molecule has 1 aliphatic heterocycles. The van der Waals surface area contributed by atoms with Gasteiger partial charge in [0.2, 0.25) is 0 Å². The normalized spacial score (nSPS) is 19.4. The first kappa shape index (κ1) is 16.3. The average molecular weight is 378 g/mol. The van der Waals surface area contributed by atoms with Gasteiger partial charge in [0.15, 0.2) is 15.4 Å². The lowest BCUT2D eigenvalue weighted by Gasteiger charge is -2.09. The number of benzene rings is 1. The number of para-hydroxylation sites is 1. The Morgan fingerprint density at radius 3 is 2.96 bits per heavy atom. The molecule has 130 valence electrons. The number of rotatable bonds is 4. The maximum Gasteiger partial charge on any atom is 0.316 e. The Labute approximate surface area is 147 Å². The van der Waals surface area contributed by atoms with Gasteiger partial charge in [-0.05, 0) is 18.6 Å². The molecule has 0 radical (unpaired) electrons. The third-order valence-corrected chi connectivity index (χ3v) is 6.62. The van der Waals surface area contributed by atoms with Crippen molar-refractivity contribution in [3.05, 3.63) is 30.6 Å². The third-order valence-electron chi connectivity index (χ3n) is 3.94. The molecule has 2 aromatic heterocycles. The van der Waals surface area contributed by atoms with Crippen LogP contribution in [-0.2, 0) is 19.4 Å². The largest absolute Gasteiger partial charge is 0.461 e. The van der Waals surface area contributed by atoms with E-state index in [4.69, 9.17) is 9.15 Å². The number of sulfone groups is 1. The first-order chi connectivity index (χ1) is 12.0. The molecule has 0 amide bonds. The highest BCUT2D eigenvalue weighted by molar-refractivity contribution is 8.00. The zero-order valence-corrected chi connectivity index (χ0v) is 14.7. The van der Waals surface area contributed by atoms with Crippen LogP contribution in [0.3, 0.4) is 0 Å². The predicted octanol–water partition coefficient (Wildman–Crippen LogP) is 2.20. The van der Waals surface area contributed by atoms with Gasteiger partial charge in [0.05, 0.1) is 17.3 Å². The number of ether oxygens (including phenoxy) is 1. The fraction of sp³-hybridized carbons (Fsp3) is 0.312. The first-order valence-electron chi connectivity index (χ1n) is 7.67. The molecule has 0 N–H and O–H groups in total. The van der Waals surface area contributed by atoms with Crippen molar-refractivity contribution in [1.29, 1.82) is 0 Å². The number of hydrogen-bond donors (Lipinski definition) is 0. The van der Waals surface area contributed by atoms with Gasteiger partial charge in [-0.3, -0.25) is 4.79 Å². The number of hydrogen-bond acceptors (Lipinski definition) is 8. The smallest absolute Gasteiger partial charge is 0.316 e. The van der Waals surface area contributed by atoms with Crippen LogP contribution in [0.2, 0.25) is 0 Å². The SMILES string of the molecule is O=C(CSc1ncnc2c1oc1ccccc12)O[C@H]1CCS(=O)(=O)C1. The van der Waals surface area contributed by atoms with Gasteiger partial charge in [0.1, 0.15) is 28.6 Å². The lowest BCUT2D eigenvalue weighted by molar-refractivity contribution is -0.144. The van der Waals surface area contributed by atoms with Gasteiger partial charge in [-0.25, -0.2) is 18.4 Å². The molecule has 1 atom stereocenters. The molecule has 1 aromatic carbocycles.